The van der Waals surface area contributed by atoms with Crippen molar-refractivity contribution in [2.75, 3.05) is 13.1 Å². The molecule has 0 bridgehead atoms. The molecule has 5 heteroatoms. The molecule has 2 aromatic carbocycles. The van der Waals surface area contributed by atoms with Crippen molar-refractivity contribution in [2.24, 2.45) is 5.92 Å². The second-order valence-electron chi connectivity index (χ2n) is 6.94. The molecule has 26 heavy (non-hydrogen) atoms. The smallest absolute Gasteiger partial charge is 0.223 e. The minimum atomic E-state index is 0.0398. The maximum absolute atomic E-state index is 12.6. The monoisotopic (exact) mass is 390 g/mol. The van der Waals surface area contributed by atoms with Gasteiger partial charge in [-0.05, 0) is 56.1 Å². The average Bonchev–Trinajstić information content (AvgIpc) is 2.66. The van der Waals surface area contributed by atoms with Crippen LogP contribution in [0, 0.1) is 5.92 Å². The summed E-state index contributed by atoms with van der Waals surface area (Å²) >= 11 is 12.1. The molecule has 1 fully saturated rings. The Bertz CT molecular complexity index is 743. The molecule has 138 valence electrons. The van der Waals surface area contributed by atoms with Gasteiger partial charge in [-0.1, -0.05) is 59.6 Å². The Balaban J connectivity index is 1.48. The maximum atomic E-state index is 12.6. The number of benzene rings is 2. The molecule has 1 amide bonds. The predicted molar refractivity (Wildman–Crippen MR) is 107 cm³/mol. The normalized spacial score (nSPS) is 17.0. The van der Waals surface area contributed by atoms with Gasteiger partial charge >= 0.3 is 0 Å². The fourth-order valence-electron chi connectivity index (χ4n) is 3.41. The molecule has 3 rings (SSSR count). The third kappa shape index (κ3) is 5.00. The minimum Gasteiger partial charge on any atom is -0.349 e. The van der Waals surface area contributed by atoms with Gasteiger partial charge in [0.25, 0.3) is 0 Å². The molecule has 1 atom stereocenters. The second kappa shape index (κ2) is 8.90. The zero-order valence-corrected chi connectivity index (χ0v) is 16.4. The number of carbonyl (C=O) groups is 1. The third-order valence-electron chi connectivity index (χ3n) is 5.01. The highest BCUT2D eigenvalue weighted by Gasteiger charge is 2.26. The van der Waals surface area contributed by atoms with Crippen molar-refractivity contribution in [2.45, 2.75) is 32.4 Å². The Hall–Kier alpha value is -1.55. The zero-order chi connectivity index (χ0) is 18.5. The summed E-state index contributed by atoms with van der Waals surface area (Å²) in [5, 5.41) is 4.33. The van der Waals surface area contributed by atoms with Crippen molar-refractivity contribution in [3.05, 3.63) is 69.7 Å². The van der Waals surface area contributed by atoms with Crippen molar-refractivity contribution in [1.82, 2.24) is 10.2 Å². The molecule has 0 radical (unpaired) electrons. The lowest BCUT2D eigenvalue weighted by Crippen LogP contribution is -2.40. The minimum absolute atomic E-state index is 0.0398. The number of amides is 1. The third-order valence-corrected chi connectivity index (χ3v) is 5.75. The van der Waals surface area contributed by atoms with Crippen LogP contribution in [0.2, 0.25) is 10.0 Å². The maximum Gasteiger partial charge on any atom is 0.223 e. The van der Waals surface area contributed by atoms with Gasteiger partial charge in [0.2, 0.25) is 5.91 Å². The Morgan fingerprint density at radius 3 is 2.46 bits per heavy atom. The lowest BCUT2D eigenvalue weighted by Gasteiger charge is -2.32. The van der Waals surface area contributed by atoms with E-state index in [1.54, 1.807) is 0 Å². The van der Waals surface area contributed by atoms with Crippen molar-refractivity contribution < 1.29 is 4.79 Å². The van der Waals surface area contributed by atoms with E-state index in [2.05, 4.69) is 10.2 Å². The van der Waals surface area contributed by atoms with Gasteiger partial charge in [0.1, 0.15) is 0 Å². The number of nitrogens with zero attached hydrogens (tertiary/aromatic N) is 1. The lowest BCUT2D eigenvalue weighted by molar-refractivity contribution is -0.127. The van der Waals surface area contributed by atoms with Gasteiger partial charge in [0, 0.05) is 12.5 Å². The summed E-state index contributed by atoms with van der Waals surface area (Å²) in [6.45, 7) is 4.70. The molecule has 1 saturated heterocycles. The molecule has 1 unspecified atom stereocenters. The van der Waals surface area contributed by atoms with Crippen LogP contribution in [0.25, 0.3) is 0 Å². The summed E-state index contributed by atoms with van der Waals surface area (Å²) in [6.07, 6.45) is 1.77. The van der Waals surface area contributed by atoms with Gasteiger partial charge in [-0.25, -0.2) is 0 Å². The average molecular weight is 391 g/mol. The van der Waals surface area contributed by atoms with Gasteiger partial charge in [-0.15, -0.1) is 0 Å². The molecular formula is C21H24Cl2N2O. The summed E-state index contributed by atoms with van der Waals surface area (Å²) in [4.78, 5) is 14.9. The highest BCUT2D eigenvalue weighted by Crippen LogP contribution is 2.25. The predicted octanol–water partition coefficient (Wildman–Crippen LogP) is 5.08. The number of piperidine rings is 1. The number of halogens is 2. The number of likely N-dealkylation sites (tertiary alicyclic amines) is 1. The molecule has 1 aliphatic heterocycles. The quantitative estimate of drug-likeness (QED) is 0.771. The Kier molecular flexibility index (Phi) is 6.58. The van der Waals surface area contributed by atoms with E-state index in [0.29, 0.717) is 10.0 Å². The highest BCUT2D eigenvalue weighted by atomic mass is 35.5. The first-order chi connectivity index (χ1) is 12.5. The van der Waals surface area contributed by atoms with E-state index >= 15 is 0 Å². The van der Waals surface area contributed by atoms with Crippen LogP contribution < -0.4 is 5.32 Å². The molecule has 0 spiro atoms. The van der Waals surface area contributed by atoms with Crippen LogP contribution in [0.15, 0.2) is 48.5 Å². The lowest BCUT2D eigenvalue weighted by atomic mass is 9.95. The molecule has 0 aliphatic carbocycles. The molecule has 0 aromatic heterocycles. The first-order valence-electron chi connectivity index (χ1n) is 9.04. The van der Waals surface area contributed by atoms with Crippen LogP contribution in [0.5, 0.6) is 0 Å². The van der Waals surface area contributed by atoms with E-state index in [-0.39, 0.29) is 17.9 Å². The number of hydrogen-bond acceptors (Lipinski definition) is 2. The van der Waals surface area contributed by atoms with Gasteiger partial charge in [-0.2, -0.15) is 0 Å². The van der Waals surface area contributed by atoms with E-state index < -0.39 is 0 Å². The van der Waals surface area contributed by atoms with E-state index in [1.165, 1.54) is 0 Å². The van der Waals surface area contributed by atoms with Gasteiger partial charge in [0.05, 0.1) is 16.1 Å². The summed E-state index contributed by atoms with van der Waals surface area (Å²) in [5.41, 5.74) is 2.29. The van der Waals surface area contributed by atoms with Crippen LogP contribution in [0.3, 0.4) is 0 Å². The number of nitrogens with one attached hydrogen (secondary N) is 1. The van der Waals surface area contributed by atoms with Gasteiger partial charge < -0.3 is 5.32 Å². The van der Waals surface area contributed by atoms with Gasteiger partial charge in [0.15, 0.2) is 0 Å². The van der Waals surface area contributed by atoms with Crippen molar-refractivity contribution in [1.29, 1.82) is 0 Å². The molecule has 1 aliphatic rings. The second-order valence-corrected chi connectivity index (χ2v) is 7.75. The summed E-state index contributed by atoms with van der Waals surface area (Å²) < 4.78 is 0. The number of hydrogen-bond donors (Lipinski definition) is 1. The van der Waals surface area contributed by atoms with Crippen LogP contribution in [-0.4, -0.2) is 23.9 Å². The van der Waals surface area contributed by atoms with Crippen LogP contribution in [-0.2, 0) is 11.3 Å². The molecule has 1 heterocycles. The van der Waals surface area contributed by atoms with E-state index in [9.17, 15) is 4.79 Å². The highest BCUT2D eigenvalue weighted by molar-refractivity contribution is 6.42. The topological polar surface area (TPSA) is 32.3 Å². The SMILES string of the molecule is CC(NC(=O)C1CCN(Cc2ccc(Cl)c(Cl)c2)CC1)c1ccccc1. The first-order valence-corrected chi connectivity index (χ1v) is 9.80. The Morgan fingerprint density at radius 2 is 1.81 bits per heavy atom. The molecule has 1 N–H and O–H groups in total. The zero-order valence-electron chi connectivity index (χ0n) is 14.9. The van der Waals surface area contributed by atoms with Crippen LogP contribution in [0.1, 0.15) is 36.9 Å². The largest absolute Gasteiger partial charge is 0.349 e. The summed E-state index contributed by atoms with van der Waals surface area (Å²) in [7, 11) is 0. The van der Waals surface area contributed by atoms with Crippen LogP contribution in [0.4, 0.5) is 0 Å². The Labute approximate surface area is 165 Å². The van der Waals surface area contributed by atoms with Crippen molar-refractivity contribution in [3.8, 4) is 0 Å². The standard InChI is InChI=1S/C21H24Cl2N2O/c1-15(17-5-3-2-4-6-17)24-21(26)18-9-11-25(12-10-18)14-16-7-8-19(22)20(23)13-16/h2-8,13,15,18H,9-12,14H2,1H3,(H,24,26). The molecular weight excluding hydrogens is 367 g/mol. The fourth-order valence-corrected chi connectivity index (χ4v) is 3.73. The van der Waals surface area contributed by atoms with Crippen molar-refractivity contribution in [3.63, 3.8) is 0 Å². The number of rotatable bonds is 5. The van der Waals surface area contributed by atoms with E-state index in [0.717, 1.165) is 43.6 Å². The molecule has 0 saturated carbocycles. The Morgan fingerprint density at radius 1 is 1.12 bits per heavy atom. The summed E-state index contributed by atoms with van der Waals surface area (Å²) in [6, 6.07) is 15.9. The molecule has 2 aromatic rings. The van der Waals surface area contributed by atoms with E-state index in [1.807, 2.05) is 55.5 Å². The van der Waals surface area contributed by atoms with Gasteiger partial charge in [-0.3, -0.25) is 9.69 Å². The fraction of sp³-hybridized carbons (Fsp3) is 0.381. The molecule has 3 nitrogen and oxygen atoms in total. The first kappa shape index (κ1) is 19.2. The van der Waals surface area contributed by atoms with Crippen molar-refractivity contribution >= 4 is 29.1 Å². The summed E-state index contributed by atoms with van der Waals surface area (Å²) in [5.74, 6) is 0.252. The number of carbonyl (C=O) groups excluding carboxylic acids is 1. The van der Waals surface area contributed by atoms with E-state index in [4.69, 9.17) is 23.2 Å². The van der Waals surface area contributed by atoms with Crippen LogP contribution >= 0.6 is 23.2 Å².